The molecule has 0 N–H and O–H groups in total. The van der Waals surface area contributed by atoms with Crippen LogP contribution in [0.25, 0.3) is 0 Å². The Kier molecular flexibility index (Phi) is 6.45. The number of hydrogen-bond acceptors (Lipinski definition) is 1. The first kappa shape index (κ1) is 12.0. The predicted molar refractivity (Wildman–Crippen MR) is 56.5 cm³/mol. The Bertz CT molecular complexity index is 101. The summed E-state index contributed by atoms with van der Waals surface area (Å²) >= 11 is 0. The first-order valence-corrected chi connectivity index (χ1v) is 5.37. The van der Waals surface area contributed by atoms with Gasteiger partial charge in [-0.05, 0) is 32.4 Å². The first-order chi connectivity index (χ1) is 5.67. The van der Waals surface area contributed by atoms with Crippen molar-refractivity contribution >= 4 is 0 Å². The van der Waals surface area contributed by atoms with Crippen molar-refractivity contribution in [2.24, 2.45) is 5.92 Å². The lowest BCUT2D eigenvalue weighted by Crippen LogP contribution is -2.36. The first-order valence-electron chi connectivity index (χ1n) is 5.37. The van der Waals surface area contributed by atoms with Crippen molar-refractivity contribution in [1.82, 2.24) is 4.90 Å². The van der Waals surface area contributed by atoms with Gasteiger partial charge in [-0.2, -0.15) is 0 Å². The molecule has 0 aliphatic heterocycles. The second-order valence-electron chi connectivity index (χ2n) is 3.84. The van der Waals surface area contributed by atoms with Crippen LogP contribution >= 0.6 is 0 Å². The average molecular weight is 171 g/mol. The third kappa shape index (κ3) is 3.57. The topological polar surface area (TPSA) is 3.24 Å². The van der Waals surface area contributed by atoms with Gasteiger partial charge in [0, 0.05) is 6.04 Å². The lowest BCUT2D eigenvalue weighted by Gasteiger charge is -2.31. The minimum Gasteiger partial charge on any atom is -0.303 e. The summed E-state index contributed by atoms with van der Waals surface area (Å²) in [5.41, 5.74) is 0. The van der Waals surface area contributed by atoms with Gasteiger partial charge in [0.05, 0.1) is 0 Å². The molecular formula is C11H25N. The molecule has 0 aliphatic rings. The molecule has 0 saturated heterocycles. The van der Waals surface area contributed by atoms with Crippen LogP contribution in [0.5, 0.6) is 0 Å². The van der Waals surface area contributed by atoms with E-state index in [0.717, 1.165) is 12.0 Å². The number of nitrogens with zero attached hydrogens (tertiary/aromatic N) is 1. The zero-order valence-electron chi connectivity index (χ0n) is 9.43. The minimum atomic E-state index is 0.787. The van der Waals surface area contributed by atoms with Crippen LogP contribution in [-0.2, 0) is 0 Å². The summed E-state index contributed by atoms with van der Waals surface area (Å²) in [5.74, 6) is 0.839. The normalized spacial score (nSPS) is 16.5. The van der Waals surface area contributed by atoms with E-state index in [-0.39, 0.29) is 0 Å². The van der Waals surface area contributed by atoms with E-state index in [0.29, 0.717) is 0 Å². The van der Waals surface area contributed by atoms with Crippen molar-refractivity contribution in [3.8, 4) is 0 Å². The molecule has 0 aromatic carbocycles. The molecule has 2 unspecified atom stereocenters. The van der Waals surface area contributed by atoms with E-state index >= 15 is 0 Å². The maximum atomic E-state index is 2.51. The summed E-state index contributed by atoms with van der Waals surface area (Å²) in [4.78, 5) is 2.51. The molecule has 0 aliphatic carbocycles. The zero-order chi connectivity index (χ0) is 9.56. The Labute approximate surface area is 78.1 Å². The van der Waals surface area contributed by atoms with Crippen LogP contribution in [0, 0.1) is 5.92 Å². The molecule has 1 nitrogen and oxygen atoms in total. The molecule has 0 radical (unpaired) electrons. The Morgan fingerprint density at radius 2 is 1.67 bits per heavy atom. The molecule has 0 aromatic rings. The van der Waals surface area contributed by atoms with Crippen LogP contribution in [-0.4, -0.2) is 24.5 Å². The summed E-state index contributed by atoms with van der Waals surface area (Å²) in [5, 5.41) is 0. The van der Waals surface area contributed by atoms with Crippen LogP contribution in [0.1, 0.15) is 47.0 Å². The quantitative estimate of drug-likeness (QED) is 0.593. The van der Waals surface area contributed by atoms with Crippen LogP contribution in [0.3, 0.4) is 0 Å². The van der Waals surface area contributed by atoms with Gasteiger partial charge in [-0.25, -0.2) is 0 Å². The molecule has 0 aromatic heterocycles. The highest BCUT2D eigenvalue weighted by atomic mass is 15.1. The maximum absolute atomic E-state index is 2.51. The third-order valence-corrected chi connectivity index (χ3v) is 2.86. The van der Waals surface area contributed by atoms with E-state index in [1.165, 1.54) is 25.8 Å². The molecule has 0 spiro atoms. The van der Waals surface area contributed by atoms with Crippen LogP contribution in [0.2, 0.25) is 0 Å². The van der Waals surface area contributed by atoms with Gasteiger partial charge in [0.1, 0.15) is 0 Å². The zero-order valence-corrected chi connectivity index (χ0v) is 9.43. The average Bonchev–Trinajstić information content (AvgIpc) is 2.06. The Morgan fingerprint density at radius 3 is 2.00 bits per heavy atom. The smallest absolute Gasteiger partial charge is 0.0115 e. The molecule has 0 heterocycles. The van der Waals surface area contributed by atoms with Crippen molar-refractivity contribution in [3.63, 3.8) is 0 Å². The van der Waals surface area contributed by atoms with Gasteiger partial charge in [-0.3, -0.25) is 0 Å². The van der Waals surface area contributed by atoms with E-state index in [1.807, 2.05) is 0 Å². The summed E-state index contributed by atoms with van der Waals surface area (Å²) in [6.45, 7) is 10.4. The highest BCUT2D eigenvalue weighted by Gasteiger charge is 2.17. The lowest BCUT2D eigenvalue weighted by atomic mass is 9.96. The number of hydrogen-bond donors (Lipinski definition) is 0. The van der Waals surface area contributed by atoms with E-state index in [2.05, 4.69) is 39.6 Å². The van der Waals surface area contributed by atoms with Crippen molar-refractivity contribution in [2.75, 3.05) is 13.6 Å². The van der Waals surface area contributed by atoms with Crippen LogP contribution < -0.4 is 0 Å². The molecule has 0 amide bonds. The molecule has 0 saturated carbocycles. The Morgan fingerprint density at radius 1 is 1.08 bits per heavy atom. The van der Waals surface area contributed by atoms with Crippen LogP contribution in [0.4, 0.5) is 0 Å². The largest absolute Gasteiger partial charge is 0.303 e. The van der Waals surface area contributed by atoms with Crippen molar-refractivity contribution in [2.45, 2.75) is 53.0 Å². The van der Waals surface area contributed by atoms with Gasteiger partial charge >= 0.3 is 0 Å². The molecule has 2 atom stereocenters. The Balaban J connectivity index is 3.94. The fourth-order valence-corrected chi connectivity index (χ4v) is 1.94. The van der Waals surface area contributed by atoms with E-state index in [9.17, 15) is 0 Å². The van der Waals surface area contributed by atoms with Gasteiger partial charge in [-0.15, -0.1) is 0 Å². The highest BCUT2D eigenvalue weighted by Crippen LogP contribution is 2.16. The summed E-state index contributed by atoms with van der Waals surface area (Å²) < 4.78 is 0. The molecular weight excluding hydrogens is 146 g/mol. The van der Waals surface area contributed by atoms with E-state index in [4.69, 9.17) is 0 Å². The van der Waals surface area contributed by atoms with Crippen molar-refractivity contribution in [3.05, 3.63) is 0 Å². The second kappa shape index (κ2) is 6.47. The van der Waals surface area contributed by atoms with Gasteiger partial charge in [0.25, 0.3) is 0 Å². The van der Waals surface area contributed by atoms with Gasteiger partial charge < -0.3 is 4.90 Å². The third-order valence-electron chi connectivity index (χ3n) is 2.86. The van der Waals surface area contributed by atoms with Gasteiger partial charge in [-0.1, -0.05) is 34.1 Å². The molecule has 12 heavy (non-hydrogen) atoms. The maximum Gasteiger partial charge on any atom is 0.0115 e. The predicted octanol–water partition coefficient (Wildman–Crippen LogP) is 3.15. The van der Waals surface area contributed by atoms with E-state index < -0.39 is 0 Å². The van der Waals surface area contributed by atoms with Crippen molar-refractivity contribution in [1.29, 1.82) is 0 Å². The molecule has 0 bridgehead atoms. The fourth-order valence-electron chi connectivity index (χ4n) is 1.94. The SMILES string of the molecule is CCCN(C)C(CC)C(C)CC. The fraction of sp³-hybridized carbons (Fsp3) is 1.00. The molecule has 0 fully saturated rings. The minimum absolute atomic E-state index is 0.787. The summed E-state index contributed by atoms with van der Waals surface area (Å²) in [7, 11) is 2.25. The second-order valence-corrected chi connectivity index (χ2v) is 3.84. The highest BCUT2D eigenvalue weighted by molar-refractivity contribution is 4.72. The lowest BCUT2D eigenvalue weighted by molar-refractivity contribution is 0.175. The standard InChI is InChI=1S/C11H25N/c1-6-9-12(5)11(8-3)10(4)7-2/h10-11H,6-9H2,1-5H3. The molecule has 1 heteroatoms. The van der Waals surface area contributed by atoms with Gasteiger partial charge in [0.15, 0.2) is 0 Å². The summed E-state index contributed by atoms with van der Waals surface area (Å²) in [6.07, 6.45) is 3.85. The summed E-state index contributed by atoms with van der Waals surface area (Å²) in [6, 6.07) is 0.787. The monoisotopic (exact) mass is 171 g/mol. The van der Waals surface area contributed by atoms with Gasteiger partial charge in [0.2, 0.25) is 0 Å². The van der Waals surface area contributed by atoms with Crippen LogP contribution in [0.15, 0.2) is 0 Å². The Hall–Kier alpha value is -0.0400. The van der Waals surface area contributed by atoms with Crippen molar-refractivity contribution < 1.29 is 0 Å². The molecule has 74 valence electrons. The molecule has 0 rings (SSSR count). The van der Waals surface area contributed by atoms with E-state index in [1.54, 1.807) is 0 Å². The number of rotatable bonds is 6.